The second-order valence-corrected chi connectivity index (χ2v) is 14.6. The highest BCUT2D eigenvalue weighted by Gasteiger charge is 2.38. The van der Waals surface area contributed by atoms with Crippen molar-refractivity contribution in [2.75, 3.05) is 38.2 Å². The number of aromatic nitrogens is 1. The Kier molecular flexibility index (Phi) is 11.9. The predicted molar refractivity (Wildman–Crippen MR) is 188 cm³/mol. The summed E-state index contributed by atoms with van der Waals surface area (Å²) in [5.74, 6) is -0.945. The van der Waals surface area contributed by atoms with Crippen LogP contribution in [0.3, 0.4) is 0 Å². The number of aliphatic carboxylic acids is 1. The largest absolute Gasteiger partial charge is 0.493 e. The molecular formula is C39H52FN3O5. The SMILES string of the molecule is CCCCN(C)C(=O)c1nc(C)c([C@H](OC(C)(C)C)C(=O)O)c(N2CCC(C)(C)CC2)c1-c1ccc(OCCc2ccc(F)cc2)cc1. The number of pyridine rings is 1. The molecule has 0 radical (unpaired) electrons. The lowest BCUT2D eigenvalue weighted by molar-refractivity contribution is -0.160. The minimum Gasteiger partial charge on any atom is -0.493 e. The number of hydrogen-bond donors (Lipinski definition) is 1. The number of rotatable bonds is 13. The smallest absolute Gasteiger partial charge is 0.337 e. The summed E-state index contributed by atoms with van der Waals surface area (Å²) < 4.78 is 25.6. The molecule has 1 aliphatic heterocycles. The van der Waals surface area contributed by atoms with Gasteiger partial charge in [-0.1, -0.05) is 51.5 Å². The van der Waals surface area contributed by atoms with Crippen molar-refractivity contribution in [1.82, 2.24) is 9.88 Å². The van der Waals surface area contributed by atoms with Crippen LogP contribution in [0.1, 0.15) is 101 Å². The van der Waals surface area contributed by atoms with Gasteiger partial charge in [-0.2, -0.15) is 0 Å². The van der Waals surface area contributed by atoms with Crippen LogP contribution in [0.15, 0.2) is 48.5 Å². The zero-order valence-electron chi connectivity index (χ0n) is 29.9. The molecule has 2 aromatic carbocycles. The van der Waals surface area contributed by atoms with Gasteiger partial charge in [0.05, 0.1) is 17.9 Å². The lowest BCUT2D eigenvalue weighted by atomic mass is 9.81. The molecule has 1 fully saturated rings. The Balaban J connectivity index is 1.86. The first kappa shape index (κ1) is 36.8. The maximum Gasteiger partial charge on any atom is 0.337 e. The highest BCUT2D eigenvalue weighted by Crippen LogP contribution is 2.45. The van der Waals surface area contributed by atoms with Crippen molar-refractivity contribution in [2.45, 2.75) is 92.3 Å². The van der Waals surface area contributed by atoms with Gasteiger partial charge in [0.25, 0.3) is 5.91 Å². The van der Waals surface area contributed by atoms with Crippen LogP contribution in [0.2, 0.25) is 0 Å². The number of carbonyl (C=O) groups is 2. The van der Waals surface area contributed by atoms with Gasteiger partial charge in [0.1, 0.15) is 17.3 Å². The average molecular weight is 662 g/mol. The third-order valence-corrected chi connectivity index (χ3v) is 8.90. The summed E-state index contributed by atoms with van der Waals surface area (Å²) in [6.07, 6.45) is 2.94. The Morgan fingerprint density at radius 1 is 1.06 bits per heavy atom. The van der Waals surface area contributed by atoms with Gasteiger partial charge in [-0.25, -0.2) is 14.2 Å². The van der Waals surface area contributed by atoms with Gasteiger partial charge in [-0.15, -0.1) is 0 Å². The van der Waals surface area contributed by atoms with E-state index in [0.717, 1.165) is 36.8 Å². The summed E-state index contributed by atoms with van der Waals surface area (Å²) in [6, 6.07) is 13.9. The second-order valence-electron chi connectivity index (χ2n) is 14.6. The molecule has 9 heteroatoms. The number of ether oxygens (including phenoxy) is 2. The molecule has 8 nitrogen and oxygen atoms in total. The number of carbonyl (C=O) groups excluding carboxylic acids is 1. The van der Waals surface area contributed by atoms with E-state index in [4.69, 9.17) is 14.5 Å². The Morgan fingerprint density at radius 2 is 1.69 bits per heavy atom. The number of halogens is 1. The Morgan fingerprint density at radius 3 is 2.25 bits per heavy atom. The zero-order valence-corrected chi connectivity index (χ0v) is 29.9. The third-order valence-electron chi connectivity index (χ3n) is 8.90. The van der Waals surface area contributed by atoms with Gasteiger partial charge in [0.15, 0.2) is 6.10 Å². The summed E-state index contributed by atoms with van der Waals surface area (Å²) in [4.78, 5) is 35.9. The van der Waals surface area contributed by atoms with Crippen molar-refractivity contribution in [2.24, 2.45) is 5.41 Å². The highest BCUT2D eigenvalue weighted by atomic mass is 19.1. The predicted octanol–water partition coefficient (Wildman–Crippen LogP) is 8.26. The number of amides is 1. The molecule has 1 aromatic heterocycles. The molecule has 3 aromatic rings. The fraction of sp³-hybridized carbons (Fsp3) is 0.513. The van der Waals surface area contributed by atoms with Crippen molar-refractivity contribution in [3.05, 3.63) is 76.9 Å². The summed E-state index contributed by atoms with van der Waals surface area (Å²) >= 11 is 0. The molecule has 1 aliphatic rings. The lowest BCUT2D eigenvalue weighted by Gasteiger charge is -2.41. The number of carboxylic acid groups (broad SMARTS) is 1. The number of benzene rings is 2. The molecule has 0 aliphatic carbocycles. The minimum absolute atomic E-state index is 0.138. The van der Waals surface area contributed by atoms with E-state index >= 15 is 0 Å². The van der Waals surface area contributed by atoms with Gasteiger partial charge < -0.3 is 24.4 Å². The van der Waals surface area contributed by atoms with Crippen molar-refractivity contribution >= 4 is 17.6 Å². The van der Waals surface area contributed by atoms with E-state index in [-0.39, 0.29) is 17.1 Å². The molecule has 1 N–H and O–H groups in total. The first-order valence-corrected chi connectivity index (χ1v) is 17.0. The van der Waals surface area contributed by atoms with Crippen LogP contribution in [0, 0.1) is 18.2 Å². The maximum atomic E-state index is 14.2. The maximum absolute atomic E-state index is 14.2. The summed E-state index contributed by atoms with van der Waals surface area (Å²) in [5, 5.41) is 10.6. The second kappa shape index (κ2) is 15.5. The van der Waals surface area contributed by atoms with E-state index in [2.05, 4.69) is 25.7 Å². The van der Waals surface area contributed by atoms with Gasteiger partial charge in [0.2, 0.25) is 0 Å². The van der Waals surface area contributed by atoms with E-state index in [1.54, 1.807) is 31.0 Å². The monoisotopic (exact) mass is 661 g/mol. The molecule has 2 heterocycles. The molecule has 0 saturated carbocycles. The average Bonchev–Trinajstić information content (AvgIpc) is 3.02. The normalized spacial score (nSPS) is 15.2. The van der Waals surface area contributed by atoms with E-state index < -0.39 is 17.7 Å². The fourth-order valence-corrected chi connectivity index (χ4v) is 6.03. The van der Waals surface area contributed by atoms with E-state index in [9.17, 15) is 19.1 Å². The van der Waals surface area contributed by atoms with Crippen molar-refractivity contribution < 1.29 is 28.6 Å². The minimum atomic E-state index is -1.29. The van der Waals surface area contributed by atoms with Crippen LogP contribution in [-0.4, -0.2) is 65.8 Å². The Bertz CT molecular complexity index is 1550. The lowest BCUT2D eigenvalue weighted by Crippen LogP contribution is -2.40. The van der Waals surface area contributed by atoms with Crippen LogP contribution in [0.5, 0.6) is 5.75 Å². The van der Waals surface area contributed by atoms with Crippen LogP contribution < -0.4 is 9.64 Å². The van der Waals surface area contributed by atoms with Gasteiger partial charge in [-0.3, -0.25) is 4.79 Å². The molecule has 260 valence electrons. The molecule has 0 bridgehead atoms. The van der Waals surface area contributed by atoms with Crippen LogP contribution in [-0.2, 0) is 16.0 Å². The fourth-order valence-electron chi connectivity index (χ4n) is 6.03. The molecule has 0 unspecified atom stereocenters. The third kappa shape index (κ3) is 9.34. The van der Waals surface area contributed by atoms with Crippen LogP contribution in [0.25, 0.3) is 11.1 Å². The summed E-state index contributed by atoms with van der Waals surface area (Å²) in [5.41, 5.74) is 3.61. The number of nitrogens with zero attached hydrogens (tertiary/aromatic N) is 3. The van der Waals surface area contributed by atoms with Crippen LogP contribution in [0.4, 0.5) is 10.1 Å². The number of piperidine rings is 1. The Hall–Kier alpha value is -3.98. The van der Waals surface area contributed by atoms with Crippen molar-refractivity contribution in [3.63, 3.8) is 0 Å². The molecular weight excluding hydrogens is 609 g/mol. The standard InChI is InChI=1S/C39H52FN3O5/c1-9-10-22-42(8)36(44)33-32(28-13-17-30(18-14-28)47-25-19-27-11-15-29(40)16-12-27)34(43-23-20-39(6,7)21-24-43)31(26(2)41-33)35(37(45)46)48-38(3,4)5/h11-18,35H,9-10,19-25H2,1-8H3,(H,45,46)/t35-/m0/s1. The van der Waals surface area contributed by atoms with Crippen molar-refractivity contribution in [1.29, 1.82) is 0 Å². The van der Waals surface area contributed by atoms with E-state index in [0.29, 0.717) is 66.6 Å². The molecule has 1 amide bonds. The number of hydrogen-bond acceptors (Lipinski definition) is 6. The first-order valence-electron chi connectivity index (χ1n) is 17.0. The molecule has 4 rings (SSSR count). The Labute approximate surface area is 285 Å². The number of aryl methyl sites for hydroxylation is 1. The topological polar surface area (TPSA) is 92.2 Å². The number of carboxylic acids is 1. The summed E-state index contributed by atoms with van der Waals surface area (Å²) in [7, 11) is 1.79. The van der Waals surface area contributed by atoms with E-state index in [1.807, 2.05) is 45.0 Å². The quantitative estimate of drug-likeness (QED) is 0.197. The van der Waals surface area contributed by atoms with Gasteiger partial charge >= 0.3 is 5.97 Å². The number of unbranched alkanes of at least 4 members (excludes halogenated alkanes) is 1. The molecule has 1 atom stereocenters. The van der Waals surface area contributed by atoms with Gasteiger partial charge in [-0.05, 0) is 87.8 Å². The molecule has 0 spiro atoms. The van der Waals surface area contributed by atoms with E-state index in [1.165, 1.54) is 12.1 Å². The first-order chi connectivity index (χ1) is 22.6. The molecule has 48 heavy (non-hydrogen) atoms. The van der Waals surface area contributed by atoms with Crippen molar-refractivity contribution in [3.8, 4) is 16.9 Å². The number of anilines is 1. The van der Waals surface area contributed by atoms with Gasteiger partial charge in [0, 0.05) is 49.9 Å². The zero-order chi connectivity index (χ0) is 35.2. The highest BCUT2D eigenvalue weighted by molar-refractivity contribution is 6.03. The summed E-state index contributed by atoms with van der Waals surface area (Å²) in [6.45, 7) is 16.3. The van der Waals surface area contributed by atoms with Crippen LogP contribution >= 0.6 is 0 Å². The molecule has 1 saturated heterocycles.